The lowest BCUT2D eigenvalue weighted by molar-refractivity contribution is -0.142. The molecule has 0 aromatic heterocycles. The molecule has 132 valence electrons. The first-order chi connectivity index (χ1) is 11.2. The Morgan fingerprint density at radius 2 is 1.92 bits per heavy atom. The van der Waals surface area contributed by atoms with E-state index in [9.17, 15) is 9.59 Å². The Balaban J connectivity index is 2.32. The van der Waals surface area contributed by atoms with Crippen molar-refractivity contribution in [1.29, 1.82) is 0 Å². The van der Waals surface area contributed by atoms with Crippen LogP contribution in [-0.2, 0) is 19.0 Å². The van der Waals surface area contributed by atoms with Crippen LogP contribution in [0.25, 0.3) is 0 Å². The molecule has 0 bridgehead atoms. The number of nitrogens with zero attached hydrogens (tertiary/aromatic N) is 1. The highest BCUT2D eigenvalue weighted by molar-refractivity contribution is 8.00. The van der Waals surface area contributed by atoms with Crippen molar-refractivity contribution in [1.82, 2.24) is 4.90 Å². The molecule has 1 saturated heterocycles. The van der Waals surface area contributed by atoms with E-state index in [-0.39, 0.29) is 18.4 Å². The smallest absolute Gasteiger partial charge is 0.411 e. The average molecular weight is 351 g/mol. The van der Waals surface area contributed by atoms with E-state index in [0.29, 0.717) is 5.88 Å². The third-order valence-electron chi connectivity index (χ3n) is 4.08. The number of benzene rings is 1. The molecule has 1 amide bonds. The highest BCUT2D eigenvalue weighted by atomic mass is 32.2. The highest BCUT2D eigenvalue weighted by Crippen LogP contribution is 2.49. The van der Waals surface area contributed by atoms with Crippen LogP contribution in [0.2, 0.25) is 0 Å². The van der Waals surface area contributed by atoms with E-state index in [4.69, 9.17) is 9.47 Å². The van der Waals surface area contributed by atoms with Gasteiger partial charge in [0.25, 0.3) is 0 Å². The molecular formula is C18H25NO4S. The van der Waals surface area contributed by atoms with Crippen molar-refractivity contribution in [3.05, 3.63) is 35.9 Å². The van der Waals surface area contributed by atoms with Crippen molar-refractivity contribution in [2.45, 2.75) is 50.5 Å². The highest BCUT2D eigenvalue weighted by Gasteiger charge is 2.49. The topological polar surface area (TPSA) is 55.8 Å². The Kier molecular flexibility index (Phi) is 5.48. The van der Waals surface area contributed by atoms with Gasteiger partial charge in [-0.3, -0.25) is 9.69 Å². The first kappa shape index (κ1) is 18.6. The number of ether oxygens (including phenoxy) is 2. The third kappa shape index (κ3) is 4.04. The number of carbonyl (C=O) groups is 2. The van der Waals surface area contributed by atoms with E-state index in [2.05, 4.69) is 6.92 Å². The summed E-state index contributed by atoms with van der Waals surface area (Å²) in [5.41, 5.74) is 0.499. The van der Waals surface area contributed by atoms with Gasteiger partial charge in [-0.1, -0.05) is 30.3 Å². The van der Waals surface area contributed by atoms with Gasteiger partial charge in [0.2, 0.25) is 0 Å². The monoisotopic (exact) mass is 351 g/mol. The van der Waals surface area contributed by atoms with Crippen LogP contribution in [0.3, 0.4) is 0 Å². The first-order valence-electron chi connectivity index (χ1n) is 7.93. The summed E-state index contributed by atoms with van der Waals surface area (Å²) in [6.07, 6.45) is -0.266. The maximum Gasteiger partial charge on any atom is 0.411 e. The summed E-state index contributed by atoms with van der Waals surface area (Å²) >= 11 is 1.64. The molecule has 1 aliphatic heterocycles. The standard InChI is InChI=1S/C18H25NO4S/c1-17(2,3)23-16(21)19-12-24-18(4,13-9-7-6-8-10-13)14(19)11-15(20)22-5/h6-10,14H,11-12H2,1-5H3. The van der Waals surface area contributed by atoms with Crippen LogP contribution < -0.4 is 0 Å². The minimum Gasteiger partial charge on any atom is -0.469 e. The molecule has 2 rings (SSSR count). The van der Waals surface area contributed by atoms with Gasteiger partial charge in [-0.15, -0.1) is 11.8 Å². The molecule has 5 nitrogen and oxygen atoms in total. The Morgan fingerprint density at radius 1 is 1.29 bits per heavy atom. The van der Waals surface area contributed by atoms with E-state index >= 15 is 0 Å². The molecule has 2 unspecified atom stereocenters. The zero-order valence-electron chi connectivity index (χ0n) is 14.9. The van der Waals surface area contributed by atoms with Gasteiger partial charge in [0, 0.05) is 0 Å². The van der Waals surface area contributed by atoms with Crippen molar-refractivity contribution in [2.24, 2.45) is 0 Å². The van der Waals surface area contributed by atoms with Crippen LogP contribution >= 0.6 is 11.8 Å². The lowest BCUT2D eigenvalue weighted by Crippen LogP contribution is -2.46. The van der Waals surface area contributed by atoms with Crippen molar-refractivity contribution >= 4 is 23.8 Å². The lowest BCUT2D eigenvalue weighted by Gasteiger charge is -2.34. The predicted molar refractivity (Wildman–Crippen MR) is 94.7 cm³/mol. The molecule has 1 fully saturated rings. The molecule has 1 aromatic carbocycles. The van der Waals surface area contributed by atoms with Crippen molar-refractivity contribution in [2.75, 3.05) is 13.0 Å². The van der Waals surface area contributed by atoms with Crippen molar-refractivity contribution in [3.8, 4) is 0 Å². The largest absolute Gasteiger partial charge is 0.469 e. The summed E-state index contributed by atoms with van der Waals surface area (Å²) in [5, 5.41) is 0. The number of rotatable bonds is 3. The van der Waals surface area contributed by atoms with Crippen LogP contribution in [0.4, 0.5) is 4.79 Å². The molecule has 0 saturated carbocycles. The van der Waals surface area contributed by atoms with Gasteiger partial charge < -0.3 is 9.47 Å². The van der Waals surface area contributed by atoms with Gasteiger partial charge in [0.1, 0.15) is 5.60 Å². The number of methoxy groups -OCH3 is 1. The SMILES string of the molecule is COC(=O)CC1N(C(=O)OC(C)(C)C)CSC1(C)c1ccccc1. The zero-order valence-corrected chi connectivity index (χ0v) is 15.7. The van der Waals surface area contributed by atoms with E-state index < -0.39 is 16.4 Å². The summed E-state index contributed by atoms with van der Waals surface area (Å²) < 4.78 is 9.96. The molecule has 1 aliphatic rings. The number of thioether (sulfide) groups is 1. The first-order valence-corrected chi connectivity index (χ1v) is 8.92. The molecule has 0 radical (unpaired) electrons. The minimum atomic E-state index is -0.580. The average Bonchev–Trinajstić information content (AvgIpc) is 2.85. The Morgan fingerprint density at radius 3 is 2.46 bits per heavy atom. The molecule has 0 N–H and O–H groups in total. The van der Waals surface area contributed by atoms with Crippen LogP contribution in [0.1, 0.15) is 39.7 Å². The van der Waals surface area contributed by atoms with E-state index in [1.807, 2.05) is 51.1 Å². The second kappa shape index (κ2) is 7.05. The Hall–Kier alpha value is -1.69. The summed E-state index contributed by atoms with van der Waals surface area (Å²) in [4.78, 5) is 26.2. The summed E-state index contributed by atoms with van der Waals surface area (Å²) in [6.45, 7) is 7.56. The van der Waals surface area contributed by atoms with Crippen LogP contribution in [0, 0.1) is 0 Å². The van der Waals surface area contributed by atoms with Gasteiger partial charge in [-0.2, -0.15) is 0 Å². The molecule has 2 atom stereocenters. The zero-order chi connectivity index (χ0) is 18.0. The van der Waals surface area contributed by atoms with Crippen molar-refractivity contribution in [3.63, 3.8) is 0 Å². The molecule has 6 heteroatoms. The fourth-order valence-electron chi connectivity index (χ4n) is 2.78. The molecule has 0 aliphatic carbocycles. The fourth-order valence-corrected chi connectivity index (χ4v) is 4.18. The Labute approximate surface area is 147 Å². The van der Waals surface area contributed by atoms with Crippen LogP contribution in [-0.4, -0.2) is 41.6 Å². The second-order valence-electron chi connectivity index (χ2n) is 6.99. The van der Waals surface area contributed by atoms with Crippen LogP contribution in [0.5, 0.6) is 0 Å². The van der Waals surface area contributed by atoms with E-state index in [1.54, 1.807) is 16.7 Å². The molecular weight excluding hydrogens is 326 g/mol. The van der Waals surface area contributed by atoms with Crippen LogP contribution in [0.15, 0.2) is 30.3 Å². The second-order valence-corrected chi connectivity index (χ2v) is 8.39. The van der Waals surface area contributed by atoms with Gasteiger partial charge >= 0.3 is 12.1 Å². The van der Waals surface area contributed by atoms with E-state index in [1.165, 1.54) is 7.11 Å². The van der Waals surface area contributed by atoms with E-state index in [0.717, 1.165) is 5.56 Å². The van der Waals surface area contributed by atoms with Crippen molar-refractivity contribution < 1.29 is 19.1 Å². The fraction of sp³-hybridized carbons (Fsp3) is 0.556. The maximum absolute atomic E-state index is 12.6. The number of hydrogen-bond acceptors (Lipinski definition) is 5. The number of esters is 1. The quantitative estimate of drug-likeness (QED) is 0.776. The van der Waals surface area contributed by atoms with Gasteiger partial charge in [-0.05, 0) is 33.3 Å². The minimum absolute atomic E-state index is 0.133. The maximum atomic E-state index is 12.6. The normalized spacial score (nSPS) is 23.9. The number of hydrogen-bond donors (Lipinski definition) is 0. The summed E-state index contributed by atoms with van der Waals surface area (Å²) in [5.74, 6) is 0.139. The lowest BCUT2D eigenvalue weighted by atomic mass is 9.89. The molecule has 24 heavy (non-hydrogen) atoms. The predicted octanol–water partition coefficient (Wildman–Crippen LogP) is 3.77. The van der Waals surface area contributed by atoms with Gasteiger partial charge in [0.15, 0.2) is 0 Å². The van der Waals surface area contributed by atoms with Gasteiger partial charge in [0.05, 0.1) is 30.2 Å². The third-order valence-corrected chi connectivity index (χ3v) is 5.59. The Bertz CT molecular complexity index is 599. The molecule has 1 aromatic rings. The molecule has 0 spiro atoms. The molecule has 1 heterocycles. The number of amides is 1. The summed E-state index contributed by atoms with van der Waals surface area (Å²) in [6, 6.07) is 9.60. The summed E-state index contributed by atoms with van der Waals surface area (Å²) in [7, 11) is 1.36. The van der Waals surface area contributed by atoms with Gasteiger partial charge in [-0.25, -0.2) is 4.79 Å². The number of carbonyl (C=O) groups excluding carboxylic acids is 2.